The summed E-state index contributed by atoms with van der Waals surface area (Å²) in [7, 11) is 0. The van der Waals surface area contributed by atoms with Gasteiger partial charge in [0.15, 0.2) is 0 Å². The van der Waals surface area contributed by atoms with Gasteiger partial charge in [-0.05, 0) is 23.6 Å². The molecule has 0 aliphatic carbocycles. The van der Waals surface area contributed by atoms with Gasteiger partial charge in [0.1, 0.15) is 0 Å². The Kier molecular flexibility index (Phi) is 5.12. The van der Waals surface area contributed by atoms with Crippen molar-refractivity contribution >= 4 is 0 Å². The van der Waals surface area contributed by atoms with Crippen LogP contribution in [0.3, 0.4) is 0 Å². The highest BCUT2D eigenvalue weighted by Gasteiger charge is 2.16. The average Bonchev–Trinajstić information content (AvgIpc) is 2.85. The summed E-state index contributed by atoms with van der Waals surface area (Å²) in [5, 5.41) is 0. The third kappa shape index (κ3) is 3.76. The van der Waals surface area contributed by atoms with E-state index in [2.05, 4.69) is 91.9 Å². The maximum absolute atomic E-state index is 5.15. The summed E-state index contributed by atoms with van der Waals surface area (Å²) < 4.78 is 0. The second kappa shape index (κ2) is 8.37. The molecular formula is C29H22N2. The number of aryl methyl sites for hydroxylation is 1. The lowest BCUT2D eigenvalue weighted by molar-refractivity contribution is 1.21. The Hall–Kier alpha value is -4.04. The molecule has 0 spiro atoms. The van der Waals surface area contributed by atoms with Crippen molar-refractivity contribution in [2.45, 2.75) is 6.92 Å². The minimum Gasteiger partial charge on any atom is -0.252 e. The summed E-state index contributed by atoms with van der Waals surface area (Å²) in [6.07, 6.45) is 1.90. The van der Waals surface area contributed by atoms with Crippen LogP contribution in [-0.4, -0.2) is 9.97 Å². The van der Waals surface area contributed by atoms with Crippen LogP contribution in [-0.2, 0) is 0 Å². The van der Waals surface area contributed by atoms with Crippen LogP contribution in [0.5, 0.6) is 0 Å². The molecule has 0 saturated heterocycles. The zero-order valence-electron chi connectivity index (χ0n) is 17.4. The highest BCUT2D eigenvalue weighted by atomic mass is 14.8. The Bertz CT molecular complexity index is 1330. The van der Waals surface area contributed by atoms with E-state index in [1.165, 1.54) is 11.1 Å². The van der Waals surface area contributed by atoms with E-state index in [4.69, 9.17) is 9.97 Å². The number of hydrogen-bond donors (Lipinski definition) is 0. The smallest absolute Gasteiger partial charge is 0.0972 e. The molecule has 0 bridgehead atoms. The number of hydrogen-bond acceptors (Lipinski definition) is 2. The zero-order valence-corrected chi connectivity index (χ0v) is 17.4. The van der Waals surface area contributed by atoms with Crippen LogP contribution >= 0.6 is 0 Å². The first-order valence-electron chi connectivity index (χ1n) is 10.4. The van der Waals surface area contributed by atoms with Gasteiger partial charge in [-0.3, -0.25) is 4.98 Å². The van der Waals surface area contributed by atoms with Crippen LogP contribution < -0.4 is 0 Å². The van der Waals surface area contributed by atoms with E-state index in [0.717, 1.165) is 39.3 Å². The molecule has 5 rings (SSSR count). The minimum absolute atomic E-state index is 0.871. The molecule has 0 saturated carbocycles. The summed E-state index contributed by atoms with van der Waals surface area (Å²) in [5.74, 6) is 0. The van der Waals surface area contributed by atoms with Gasteiger partial charge in [0.05, 0.1) is 23.3 Å². The largest absolute Gasteiger partial charge is 0.252 e. The van der Waals surface area contributed by atoms with Gasteiger partial charge in [-0.2, -0.15) is 0 Å². The third-order valence-electron chi connectivity index (χ3n) is 5.51. The van der Waals surface area contributed by atoms with E-state index in [0.29, 0.717) is 0 Å². The lowest BCUT2D eigenvalue weighted by atomic mass is 9.96. The van der Waals surface area contributed by atoms with Crippen LogP contribution in [0.25, 0.3) is 44.9 Å². The number of nitrogens with zero attached hydrogens (tertiary/aromatic N) is 2. The normalized spacial score (nSPS) is 10.7. The lowest BCUT2D eigenvalue weighted by Crippen LogP contribution is -1.98. The maximum Gasteiger partial charge on any atom is 0.0972 e. The molecule has 4 aromatic carbocycles. The van der Waals surface area contributed by atoms with E-state index in [1.807, 2.05) is 30.5 Å². The standard InChI is InChI=1S/C29H22N2/c1-21-12-8-9-17-24(21)29-28(23-15-6-3-7-16-23)31-27(20-30-29)26-19-11-10-18-25(26)22-13-4-2-5-14-22/h2-20H,1H3. The predicted octanol–water partition coefficient (Wildman–Crippen LogP) is 7.45. The molecule has 2 nitrogen and oxygen atoms in total. The monoisotopic (exact) mass is 398 g/mol. The van der Waals surface area contributed by atoms with Gasteiger partial charge in [-0.1, -0.05) is 109 Å². The van der Waals surface area contributed by atoms with E-state index in [9.17, 15) is 0 Å². The Morgan fingerprint density at radius 3 is 1.71 bits per heavy atom. The number of benzene rings is 4. The van der Waals surface area contributed by atoms with Crippen molar-refractivity contribution in [1.29, 1.82) is 0 Å². The SMILES string of the molecule is Cc1ccccc1-c1ncc(-c2ccccc2-c2ccccc2)nc1-c1ccccc1. The van der Waals surface area contributed by atoms with Crippen LogP contribution in [0.1, 0.15) is 5.56 Å². The molecule has 0 radical (unpaired) electrons. The summed E-state index contributed by atoms with van der Waals surface area (Å²) in [6.45, 7) is 2.12. The molecule has 1 aromatic heterocycles. The van der Waals surface area contributed by atoms with Gasteiger partial charge in [-0.15, -0.1) is 0 Å². The van der Waals surface area contributed by atoms with Crippen LogP contribution in [0.2, 0.25) is 0 Å². The first kappa shape index (κ1) is 19.0. The van der Waals surface area contributed by atoms with Crippen molar-refractivity contribution in [3.63, 3.8) is 0 Å². The first-order chi connectivity index (χ1) is 15.3. The number of rotatable bonds is 4. The quantitative estimate of drug-likeness (QED) is 0.314. The van der Waals surface area contributed by atoms with Gasteiger partial charge in [0, 0.05) is 16.7 Å². The molecule has 0 atom stereocenters. The average molecular weight is 399 g/mol. The fourth-order valence-electron chi connectivity index (χ4n) is 3.93. The highest BCUT2D eigenvalue weighted by molar-refractivity contribution is 5.85. The van der Waals surface area contributed by atoms with E-state index in [-0.39, 0.29) is 0 Å². The van der Waals surface area contributed by atoms with Gasteiger partial charge in [0.2, 0.25) is 0 Å². The van der Waals surface area contributed by atoms with Crippen molar-refractivity contribution in [2.24, 2.45) is 0 Å². The maximum atomic E-state index is 5.15. The molecule has 148 valence electrons. The fraction of sp³-hybridized carbons (Fsp3) is 0.0345. The molecular weight excluding hydrogens is 376 g/mol. The van der Waals surface area contributed by atoms with Crippen molar-refractivity contribution in [3.8, 4) is 44.9 Å². The summed E-state index contributed by atoms with van der Waals surface area (Å²) in [5.41, 5.74) is 9.44. The second-order valence-electron chi connectivity index (χ2n) is 7.55. The van der Waals surface area contributed by atoms with Gasteiger partial charge in [0.25, 0.3) is 0 Å². The van der Waals surface area contributed by atoms with Crippen molar-refractivity contribution in [1.82, 2.24) is 9.97 Å². The van der Waals surface area contributed by atoms with Crippen LogP contribution in [0.4, 0.5) is 0 Å². The van der Waals surface area contributed by atoms with Gasteiger partial charge in [-0.25, -0.2) is 4.98 Å². The Morgan fingerprint density at radius 2 is 1.03 bits per heavy atom. The zero-order chi connectivity index (χ0) is 21.0. The molecule has 0 aliphatic heterocycles. The molecule has 0 fully saturated rings. The number of aromatic nitrogens is 2. The molecule has 5 aromatic rings. The van der Waals surface area contributed by atoms with Crippen LogP contribution in [0.15, 0.2) is 115 Å². The third-order valence-corrected chi connectivity index (χ3v) is 5.51. The van der Waals surface area contributed by atoms with Crippen LogP contribution in [0, 0.1) is 6.92 Å². The summed E-state index contributed by atoms with van der Waals surface area (Å²) >= 11 is 0. The molecule has 1 heterocycles. The lowest BCUT2D eigenvalue weighted by Gasteiger charge is -2.14. The molecule has 0 N–H and O–H groups in total. The summed E-state index contributed by atoms with van der Waals surface area (Å²) in [6, 6.07) is 37.5. The minimum atomic E-state index is 0.871. The second-order valence-corrected chi connectivity index (χ2v) is 7.55. The predicted molar refractivity (Wildman–Crippen MR) is 129 cm³/mol. The molecule has 0 aliphatic rings. The topological polar surface area (TPSA) is 25.8 Å². The summed E-state index contributed by atoms with van der Waals surface area (Å²) in [4.78, 5) is 10.1. The van der Waals surface area contributed by atoms with Gasteiger partial charge < -0.3 is 0 Å². The first-order valence-corrected chi connectivity index (χ1v) is 10.4. The van der Waals surface area contributed by atoms with E-state index < -0.39 is 0 Å². The Labute approximate surface area is 182 Å². The molecule has 2 heteroatoms. The highest BCUT2D eigenvalue weighted by Crippen LogP contribution is 2.35. The van der Waals surface area contributed by atoms with E-state index >= 15 is 0 Å². The van der Waals surface area contributed by atoms with Gasteiger partial charge >= 0.3 is 0 Å². The molecule has 0 unspecified atom stereocenters. The fourth-order valence-corrected chi connectivity index (χ4v) is 3.93. The van der Waals surface area contributed by atoms with Crippen molar-refractivity contribution in [2.75, 3.05) is 0 Å². The molecule has 31 heavy (non-hydrogen) atoms. The van der Waals surface area contributed by atoms with Crippen molar-refractivity contribution in [3.05, 3.63) is 121 Å². The Morgan fingerprint density at radius 1 is 0.484 bits per heavy atom. The Balaban J connectivity index is 1.73. The van der Waals surface area contributed by atoms with Crippen molar-refractivity contribution < 1.29 is 0 Å². The van der Waals surface area contributed by atoms with E-state index in [1.54, 1.807) is 0 Å². The molecule has 0 amide bonds.